The van der Waals surface area contributed by atoms with E-state index in [1.54, 1.807) is 24.4 Å². The maximum absolute atomic E-state index is 14.0. The van der Waals surface area contributed by atoms with E-state index in [4.69, 9.17) is 0 Å². The molecule has 94 valence electrons. The standard InChI is InChI=1S/C15H15F2N/c1-3-10(2)12-8-11(16)9-13(17)15(12)14-6-4-5-7-18-14/h4-10H,3H2,1-2H3. The summed E-state index contributed by atoms with van der Waals surface area (Å²) in [4.78, 5) is 4.15. The fourth-order valence-corrected chi connectivity index (χ4v) is 1.98. The zero-order valence-corrected chi connectivity index (χ0v) is 10.5. The first-order valence-electron chi connectivity index (χ1n) is 6.03. The summed E-state index contributed by atoms with van der Waals surface area (Å²) >= 11 is 0. The van der Waals surface area contributed by atoms with Gasteiger partial charge in [0.2, 0.25) is 0 Å². The Morgan fingerprint density at radius 3 is 2.61 bits per heavy atom. The summed E-state index contributed by atoms with van der Waals surface area (Å²) in [6.07, 6.45) is 2.43. The van der Waals surface area contributed by atoms with Crippen LogP contribution >= 0.6 is 0 Å². The van der Waals surface area contributed by atoms with E-state index >= 15 is 0 Å². The summed E-state index contributed by atoms with van der Waals surface area (Å²) in [5.74, 6) is -1.00. The third kappa shape index (κ3) is 2.40. The molecule has 1 aromatic carbocycles. The fourth-order valence-electron chi connectivity index (χ4n) is 1.98. The summed E-state index contributed by atoms with van der Waals surface area (Å²) in [5, 5.41) is 0. The van der Waals surface area contributed by atoms with E-state index in [0.717, 1.165) is 12.5 Å². The highest BCUT2D eigenvalue weighted by atomic mass is 19.1. The topological polar surface area (TPSA) is 12.9 Å². The first-order chi connectivity index (χ1) is 8.63. The van der Waals surface area contributed by atoms with Crippen molar-refractivity contribution >= 4 is 0 Å². The lowest BCUT2D eigenvalue weighted by Crippen LogP contribution is -2.01. The van der Waals surface area contributed by atoms with Gasteiger partial charge in [0.05, 0.1) is 5.69 Å². The van der Waals surface area contributed by atoms with Crippen molar-refractivity contribution < 1.29 is 8.78 Å². The molecule has 0 saturated carbocycles. The Morgan fingerprint density at radius 1 is 1.22 bits per heavy atom. The number of aromatic nitrogens is 1. The molecule has 1 unspecified atom stereocenters. The molecule has 0 aliphatic heterocycles. The van der Waals surface area contributed by atoms with Crippen molar-refractivity contribution in [2.45, 2.75) is 26.2 Å². The predicted molar refractivity (Wildman–Crippen MR) is 68.3 cm³/mol. The van der Waals surface area contributed by atoms with Crippen LogP contribution in [-0.4, -0.2) is 4.98 Å². The van der Waals surface area contributed by atoms with Gasteiger partial charge in [-0.1, -0.05) is 19.9 Å². The molecule has 0 aliphatic carbocycles. The van der Waals surface area contributed by atoms with E-state index < -0.39 is 11.6 Å². The van der Waals surface area contributed by atoms with Gasteiger partial charge < -0.3 is 0 Å². The van der Waals surface area contributed by atoms with Crippen LogP contribution in [0, 0.1) is 11.6 Å². The molecule has 3 heteroatoms. The number of rotatable bonds is 3. The summed E-state index contributed by atoms with van der Waals surface area (Å²) in [7, 11) is 0. The molecule has 1 nitrogen and oxygen atoms in total. The molecule has 1 atom stereocenters. The van der Waals surface area contributed by atoms with Gasteiger partial charge in [0.25, 0.3) is 0 Å². The summed E-state index contributed by atoms with van der Waals surface area (Å²) in [6.45, 7) is 3.95. The van der Waals surface area contributed by atoms with E-state index in [1.165, 1.54) is 6.07 Å². The van der Waals surface area contributed by atoms with Gasteiger partial charge in [-0.25, -0.2) is 8.78 Å². The van der Waals surface area contributed by atoms with E-state index in [9.17, 15) is 8.78 Å². The van der Waals surface area contributed by atoms with Gasteiger partial charge in [0.15, 0.2) is 0 Å². The quantitative estimate of drug-likeness (QED) is 0.776. The second-order valence-corrected chi connectivity index (χ2v) is 4.38. The molecule has 2 rings (SSSR count). The molecule has 1 heterocycles. The van der Waals surface area contributed by atoms with Crippen LogP contribution in [0.3, 0.4) is 0 Å². The van der Waals surface area contributed by atoms with Crippen molar-refractivity contribution in [3.63, 3.8) is 0 Å². The molecule has 0 bridgehead atoms. The molecule has 0 radical (unpaired) electrons. The average molecular weight is 247 g/mol. The van der Waals surface area contributed by atoms with Gasteiger partial charge in [0.1, 0.15) is 11.6 Å². The number of halogens is 2. The second-order valence-electron chi connectivity index (χ2n) is 4.38. The second kappa shape index (κ2) is 5.25. The normalized spacial score (nSPS) is 12.4. The van der Waals surface area contributed by atoms with Crippen LogP contribution in [0.25, 0.3) is 11.3 Å². The lowest BCUT2D eigenvalue weighted by molar-refractivity contribution is 0.576. The largest absolute Gasteiger partial charge is 0.256 e. The molecule has 0 amide bonds. The Balaban J connectivity index is 2.65. The van der Waals surface area contributed by atoms with E-state index in [-0.39, 0.29) is 5.92 Å². The predicted octanol–water partition coefficient (Wildman–Crippen LogP) is 4.54. The minimum Gasteiger partial charge on any atom is -0.256 e. The van der Waals surface area contributed by atoms with E-state index in [2.05, 4.69) is 4.98 Å². The highest BCUT2D eigenvalue weighted by molar-refractivity contribution is 5.65. The Hall–Kier alpha value is -1.77. The molecule has 0 aliphatic rings. The van der Waals surface area contributed by atoms with Crippen LogP contribution in [0.5, 0.6) is 0 Å². The third-order valence-corrected chi connectivity index (χ3v) is 3.15. The summed E-state index contributed by atoms with van der Waals surface area (Å²) in [5.41, 5.74) is 1.63. The Labute approximate surface area is 105 Å². The summed E-state index contributed by atoms with van der Waals surface area (Å²) < 4.78 is 27.4. The molecule has 0 N–H and O–H groups in total. The molecule has 0 saturated heterocycles. The van der Waals surface area contributed by atoms with E-state index in [1.807, 2.05) is 13.8 Å². The van der Waals surface area contributed by atoms with E-state index in [0.29, 0.717) is 16.8 Å². The molecule has 0 fully saturated rings. The van der Waals surface area contributed by atoms with Crippen LogP contribution in [0.15, 0.2) is 36.5 Å². The number of hydrogen-bond donors (Lipinski definition) is 0. The molecular weight excluding hydrogens is 232 g/mol. The van der Waals surface area contributed by atoms with Crippen molar-refractivity contribution in [2.24, 2.45) is 0 Å². The van der Waals surface area contributed by atoms with Crippen molar-refractivity contribution in [1.82, 2.24) is 4.98 Å². The molecule has 18 heavy (non-hydrogen) atoms. The zero-order chi connectivity index (χ0) is 13.1. The summed E-state index contributed by atoms with van der Waals surface area (Å²) in [6, 6.07) is 7.62. The van der Waals surface area contributed by atoms with Crippen LogP contribution in [-0.2, 0) is 0 Å². The van der Waals surface area contributed by atoms with Crippen molar-refractivity contribution in [1.29, 1.82) is 0 Å². The first-order valence-corrected chi connectivity index (χ1v) is 6.03. The Kier molecular flexibility index (Phi) is 3.70. The van der Waals surface area contributed by atoms with Crippen LogP contribution in [0.1, 0.15) is 31.7 Å². The van der Waals surface area contributed by atoms with Crippen molar-refractivity contribution in [3.05, 3.63) is 53.7 Å². The van der Waals surface area contributed by atoms with Crippen LogP contribution in [0.2, 0.25) is 0 Å². The molecule has 0 spiro atoms. The monoisotopic (exact) mass is 247 g/mol. The minimum absolute atomic E-state index is 0.0900. The SMILES string of the molecule is CCC(C)c1cc(F)cc(F)c1-c1ccccn1. The number of hydrogen-bond acceptors (Lipinski definition) is 1. The van der Waals surface area contributed by atoms with Crippen LogP contribution < -0.4 is 0 Å². The third-order valence-electron chi connectivity index (χ3n) is 3.15. The number of benzene rings is 1. The van der Waals surface area contributed by atoms with Gasteiger partial charge >= 0.3 is 0 Å². The average Bonchev–Trinajstić information content (AvgIpc) is 2.38. The molecular formula is C15H15F2N. The number of nitrogens with zero attached hydrogens (tertiary/aromatic N) is 1. The van der Waals surface area contributed by atoms with Gasteiger partial charge in [-0.05, 0) is 36.1 Å². The lowest BCUT2D eigenvalue weighted by atomic mass is 9.91. The molecule has 1 aromatic heterocycles. The highest BCUT2D eigenvalue weighted by Gasteiger charge is 2.17. The smallest absolute Gasteiger partial charge is 0.135 e. The number of pyridine rings is 1. The Morgan fingerprint density at radius 2 is 2.00 bits per heavy atom. The zero-order valence-electron chi connectivity index (χ0n) is 10.5. The maximum atomic E-state index is 14.0. The lowest BCUT2D eigenvalue weighted by Gasteiger charge is -2.15. The van der Waals surface area contributed by atoms with Crippen molar-refractivity contribution in [3.8, 4) is 11.3 Å². The fraction of sp³-hybridized carbons (Fsp3) is 0.267. The van der Waals surface area contributed by atoms with Crippen LogP contribution in [0.4, 0.5) is 8.78 Å². The van der Waals surface area contributed by atoms with Gasteiger partial charge in [0, 0.05) is 17.8 Å². The van der Waals surface area contributed by atoms with Crippen molar-refractivity contribution in [2.75, 3.05) is 0 Å². The Bertz CT molecular complexity index is 538. The molecule has 2 aromatic rings. The first kappa shape index (κ1) is 12.7. The van der Waals surface area contributed by atoms with Gasteiger partial charge in [-0.15, -0.1) is 0 Å². The maximum Gasteiger partial charge on any atom is 0.135 e. The highest BCUT2D eigenvalue weighted by Crippen LogP contribution is 2.32. The minimum atomic E-state index is -0.552. The van der Waals surface area contributed by atoms with Gasteiger partial charge in [-0.2, -0.15) is 0 Å². The van der Waals surface area contributed by atoms with Gasteiger partial charge in [-0.3, -0.25) is 4.98 Å².